The number of hydrazine groups is 1. The molecule has 0 radical (unpaired) electrons. The molecule has 0 saturated carbocycles. The van der Waals surface area contributed by atoms with Crippen molar-refractivity contribution in [2.75, 3.05) is 69.3 Å². The van der Waals surface area contributed by atoms with Crippen molar-refractivity contribution in [1.29, 1.82) is 10.5 Å². The second-order valence-corrected chi connectivity index (χ2v) is 37.5. The van der Waals surface area contributed by atoms with Crippen LogP contribution < -0.4 is 56.5 Å². The minimum atomic E-state index is -3.78. The number of nitrogens with two attached hydrogens (primary N) is 2. The monoisotopic (exact) mass is 1840 g/mol. The van der Waals surface area contributed by atoms with Gasteiger partial charge in [0.25, 0.3) is 10.0 Å². The number of nitriles is 2. The summed E-state index contributed by atoms with van der Waals surface area (Å²) in [5.74, 6) is 5.95. The molecule has 4 heterocycles. The average Bonchev–Trinajstić information content (AvgIpc) is 1.80. The van der Waals surface area contributed by atoms with E-state index in [1.807, 2.05) is 127 Å². The highest BCUT2D eigenvalue weighted by Crippen LogP contribution is 2.34. The Labute approximate surface area is 731 Å². The van der Waals surface area contributed by atoms with Gasteiger partial charge in [-0.05, 0) is 194 Å². The van der Waals surface area contributed by atoms with Gasteiger partial charge >= 0.3 is 0 Å². The summed E-state index contributed by atoms with van der Waals surface area (Å²) in [5, 5.41) is 79.8. The fraction of sp³-hybridized carbons (Fsp3) is 0.154. The van der Waals surface area contributed by atoms with Crippen molar-refractivity contribution in [3.05, 3.63) is 264 Å². The maximum Gasteiger partial charge on any atom is 0.255 e. The van der Waals surface area contributed by atoms with Crippen molar-refractivity contribution in [2.24, 2.45) is 27.0 Å². The van der Waals surface area contributed by atoms with Gasteiger partial charge in [-0.1, -0.05) is 109 Å². The van der Waals surface area contributed by atoms with Gasteiger partial charge in [-0.2, -0.15) is 30.1 Å². The van der Waals surface area contributed by atoms with E-state index in [2.05, 4.69) is 112 Å². The van der Waals surface area contributed by atoms with E-state index in [0.29, 0.717) is 86.3 Å². The van der Waals surface area contributed by atoms with Gasteiger partial charge in [0.1, 0.15) is 18.0 Å². The number of aromatic amines is 1. The van der Waals surface area contributed by atoms with Gasteiger partial charge in [0, 0.05) is 77.4 Å². The topological polar surface area (TPSA) is 601 Å². The number of rotatable bonds is 27. The number of nitrogen functional groups attached to an aromatic ring is 1. The number of anilines is 6. The maximum atomic E-state index is 12.8. The SMILES string of the molecule is CN(N)S(=O)(=O)c1ccc(NCc2ccccc2)c(-c2nn[nH]n2)c1.CNS(=O)(=O)c1ccc(F)c(C#N)c1.CNS(=O)(=O)c1ccc(N)c(-c2nnn(C)n2)c1.CNS(=O)(=O)c1ccc(NCc2ccccc2)c(-c2nnn(C)n2)c1.CNS(=O)(=O)c1ccc(NCc2ccccc2)c(C#N)c1.CNS(=O)(=O)c1ccc(Nc2ccccc2)c(-c2nnn(C)n2)c1. The normalized spacial score (nSPS) is 11.4. The second kappa shape index (κ2) is 43.9. The highest BCUT2D eigenvalue weighted by molar-refractivity contribution is 7.90. The Morgan fingerprint density at radius 1 is 0.394 bits per heavy atom. The molecule has 0 amide bonds. The van der Waals surface area contributed by atoms with Crippen LogP contribution in [0.25, 0.3) is 45.6 Å². The van der Waals surface area contributed by atoms with Gasteiger partial charge in [0.15, 0.2) is 0 Å². The molecule has 0 bridgehead atoms. The molecule has 0 saturated heterocycles. The number of para-hydroxylation sites is 1. The van der Waals surface area contributed by atoms with Crippen molar-refractivity contribution < 1.29 is 54.9 Å². The van der Waals surface area contributed by atoms with Gasteiger partial charge in [-0.15, -0.1) is 45.2 Å². The lowest BCUT2D eigenvalue weighted by atomic mass is 10.1. The number of halogens is 1. The van der Waals surface area contributed by atoms with Crippen LogP contribution in [0.3, 0.4) is 0 Å². The fourth-order valence-electron chi connectivity index (χ4n) is 10.9. The summed E-state index contributed by atoms with van der Waals surface area (Å²) in [6.07, 6.45) is 0. The van der Waals surface area contributed by atoms with Crippen LogP contribution in [0.1, 0.15) is 27.8 Å². The molecule has 662 valence electrons. The lowest BCUT2D eigenvalue weighted by molar-refractivity contribution is 0.486. The van der Waals surface area contributed by atoms with Crippen LogP contribution in [-0.2, 0) is 101 Å². The van der Waals surface area contributed by atoms with Crippen molar-refractivity contribution in [2.45, 2.75) is 49.0 Å². The Morgan fingerprint density at radius 3 is 1.09 bits per heavy atom. The maximum absolute atomic E-state index is 12.8. The van der Waals surface area contributed by atoms with Crippen LogP contribution in [-0.4, -0.2) is 178 Å². The average molecular weight is 1850 g/mol. The van der Waals surface area contributed by atoms with Crippen LogP contribution in [0.2, 0.25) is 0 Å². The third-order valence-corrected chi connectivity index (χ3v) is 26.3. The molecular weight excluding hydrogens is 1760 g/mol. The number of hydrogen-bond donors (Lipinski definition) is 12. The van der Waals surface area contributed by atoms with Crippen LogP contribution in [0.15, 0.2) is 260 Å². The van der Waals surface area contributed by atoms with E-state index in [4.69, 9.17) is 16.8 Å². The predicted octanol–water partition coefficient (Wildman–Crippen LogP) is 5.95. The van der Waals surface area contributed by atoms with E-state index in [0.717, 1.165) is 46.3 Å². The number of aromatic nitrogens is 16. The highest BCUT2D eigenvalue weighted by atomic mass is 32.2. The third-order valence-electron chi connectivity index (χ3n) is 17.6. The van der Waals surface area contributed by atoms with Gasteiger partial charge in [-0.25, -0.2) is 78.5 Å². The first-order valence-electron chi connectivity index (χ1n) is 37.1. The lowest BCUT2D eigenvalue weighted by Crippen LogP contribution is -2.33. The first-order valence-corrected chi connectivity index (χ1v) is 45.9. The molecule has 14 N–H and O–H groups in total. The molecule has 0 aliphatic rings. The number of benzene rings is 10. The largest absolute Gasteiger partial charge is 0.398 e. The molecule has 14 aromatic rings. The van der Waals surface area contributed by atoms with Crippen molar-refractivity contribution in [3.8, 4) is 57.7 Å². The zero-order valence-electron chi connectivity index (χ0n) is 69.0. The molecule has 0 aliphatic carbocycles. The van der Waals surface area contributed by atoms with E-state index in [1.54, 1.807) is 57.5 Å². The number of H-pyrrole nitrogens is 1. The summed E-state index contributed by atoms with van der Waals surface area (Å²) in [6.45, 7) is 1.72. The standard InChI is InChI=1S/C16H18N6O2S.C15H17N7O2S.C15H16N6O2S.C15H15N3O2S.C9H12N6O2S.C8H7FN2O2S/c1-17-25(23,24)13-8-9-15(18-11-12-6-4-3-5-7-12)14(10-13)16-19-21-22(2)20-16;1-22(16)25(23,24)12-7-8-14(13(9-12)15-18-20-21-19-15)17-10-11-5-3-2-4-6-11;1-16-24(22,23)12-8-9-14(17-11-6-4-3-5-7-11)13(10-12)15-18-20-21(2)19-15;1-17-21(19,20)14-7-8-15(13(9-14)10-16)18-11-12-5-3-2-4-6-12;1-11-18(16,17)6-3-4-8(10)7(5-6)9-12-14-15(2)13-9;1-11-14(12,13)7-2-3-8(9)6(4-7)5-10/h3-10,17-18H,11H2,1-2H3;2-9,17H,10,16H2,1H3,(H,18,19,20,21);3-10,16-17H,1-2H3;2-9,17-18H,11H2,1H3;3-5,11H,10H2,1-2H3;2-4,11H,1H3. The van der Waals surface area contributed by atoms with Gasteiger partial charge in [0.2, 0.25) is 73.4 Å². The number of hydrogen-bond acceptors (Lipinski definition) is 32. The Kier molecular flexibility index (Phi) is 33.4. The Morgan fingerprint density at radius 2 is 0.717 bits per heavy atom. The van der Waals surface area contributed by atoms with Gasteiger partial charge in [-0.3, -0.25) is 5.84 Å². The fourth-order valence-corrected chi connectivity index (χ4v) is 15.5. The molecule has 127 heavy (non-hydrogen) atoms. The van der Waals surface area contributed by atoms with E-state index >= 15 is 0 Å². The zero-order valence-corrected chi connectivity index (χ0v) is 73.9. The van der Waals surface area contributed by atoms with E-state index in [1.165, 1.54) is 117 Å². The first-order chi connectivity index (χ1) is 60.5. The molecular formula is C78H85FN30O12S6. The highest BCUT2D eigenvalue weighted by Gasteiger charge is 2.25. The van der Waals surface area contributed by atoms with Crippen LogP contribution in [0, 0.1) is 28.5 Å². The summed E-state index contributed by atoms with van der Waals surface area (Å²) < 4.78 is 167. The van der Waals surface area contributed by atoms with Crippen molar-refractivity contribution in [3.63, 3.8) is 0 Å². The number of sulfonamides is 6. The smallest absolute Gasteiger partial charge is 0.255 e. The Bertz CT molecular complexity index is 6920. The molecule has 10 aromatic carbocycles. The first kappa shape index (κ1) is 96.6. The number of nitrogens with zero attached hydrogens (tertiary/aromatic N) is 18. The summed E-state index contributed by atoms with van der Waals surface area (Å²) in [5.41, 5.74) is 15.1. The third kappa shape index (κ3) is 26.4. The number of aryl methyl sites for hydroxylation is 3. The molecule has 14 rings (SSSR count). The summed E-state index contributed by atoms with van der Waals surface area (Å²) >= 11 is 0. The minimum absolute atomic E-state index is 0.0440. The summed E-state index contributed by atoms with van der Waals surface area (Å²) in [6, 6.07) is 68.5. The van der Waals surface area contributed by atoms with Gasteiger partial charge in [0.05, 0.1) is 67.3 Å². The molecule has 0 atom stereocenters. The molecule has 49 heteroatoms. The molecule has 0 spiro atoms. The zero-order chi connectivity index (χ0) is 92.3. The van der Waals surface area contributed by atoms with E-state index in [9.17, 15) is 60.2 Å². The van der Waals surface area contributed by atoms with E-state index in [-0.39, 0.29) is 46.6 Å². The van der Waals surface area contributed by atoms with Crippen LogP contribution >= 0.6 is 0 Å². The Hall–Kier alpha value is -14.2. The Balaban J connectivity index is 0.000000174. The molecule has 0 unspecified atom stereocenters. The second-order valence-electron chi connectivity index (χ2n) is 26.1. The minimum Gasteiger partial charge on any atom is -0.398 e. The molecule has 0 fully saturated rings. The van der Waals surface area contributed by atoms with Crippen molar-refractivity contribution in [1.82, 2.24) is 109 Å². The lowest BCUT2D eigenvalue weighted by Gasteiger charge is -2.14. The number of nitrogens with one attached hydrogen (secondary N) is 10. The molecule has 42 nitrogen and oxygen atoms in total. The predicted molar refractivity (Wildman–Crippen MR) is 470 cm³/mol. The van der Waals surface area contributed by atoms with Crippen LogP contribution in [0.5, 0.6) is 0 Å². The molecule has 0 aliphatic heterocycles. The summed E-state index contributed by atoms with van der Waals surface area (Å²) in [4.78, 5) is 4.28. The van der Waals surface area contributed by atoms with Crippen molar-refractivity contribution >= 4 is 94.3 Å². The van der Waals surface area contributed by atoms with E-state index < -0.39 is 66.0 Å². The molecule has 4 aromatic heterocycles. The van der Waals surface area contributed by atoms with Gasteiger partial charge < -0.3 is 27.0 Å². The summed E-state index contributed by atoms with van der Waals surface area (Å²) in [7, 11) is -8.76. The van der Waals surface area contributed by atoms with Crippen LogP contribution in [0.4, 0.5) is 38.5 Å². The quantitative estimate of drug-likeness (QED) is 0.0161. The number of tetrazole rings is 4.